The number of halogens is 2. The zero-order chi connectivity index (χ0) is 18.1. The number of nitro groups is 1. The van der Waals surface area contributed by atoms with Gasteiger partial charge in [-0.25, -0.2) is 0 Å². The molecule has 0 saturated heterocycles. The van der Waals surface area contributed by atoms with Crippen molar-refractivity contribution in [1.82, 2.24) is 0 Å². The van der Waals surface area contributed by atoms with Gasteiger partial charge in [0.05, 0.1) is 10.3 Å². The van der Waals surface area contributed by atoms with Gasteiger partial charge >= 0.3 is 5.69 Å². The van der Waals surface area contributed by atoms with Crippen molar-refractivity contribution in [3.8, 4) is 0 Å². The van der Waals surface area contributed by atoms with Gasteiger partial charge in [0.1, 0.15) is 5.58 Å². The maximum atomic E-state index is 13.3. The zero-order valence-electron chi connectivity index (χ0n) is 12.3. The highest BCUT2D eigenvalue weighted by Crippen LogP contribution is 2.23. The van der Waals surface area contributed by atoms with Crippen LogP contribution in [-0.2, 0) is 0 Å². The molecule has 1 N–H and O–H groups in total. The minimum Gasteiger partial charge on any atom is -0.451 e. The van der Waals surface area contributed by atoms with Crippen LogP contribution in [0.4, 0.5) is 15.8 Å². The van der Waals surface area contributed by atoms with E-state index >= 15 is 0 Å². The SMILES string of the molecule is O=C(Nc1ccc(F)c([N+](=O)[O-])c1)c1cc(=O)c2cc(Cl)ccc2o1. The summed E-state index contributed by atoms with van der Waals surface area (Å²) in [7, 11) is 0. The predicted octanol–water partition coefficient (Wildman–Crippen LogP) is 3.75. The number of nitrogens with zero attached hydrogens (tertiary/aromatic N) is 1. The first-order valence-corrected chi connectivity index (χ1v) is 7.21. The lowest BCUT2D eigenvalue weighted by molar-refractivity contribution is -0.387. The van der Waals surface area contributed by atoms with E-state index < -0.39 is 27.8 Å². The summed E-state index contributed by atoms with van der Waals surface area (Å²) >= 11 is 5.81. The van der Waals surface area contributed by atoms with E-state index in [1.165, 1.54) is 18.2 Å². The summed E-state index contributed by atoms with van der Waals surface area (Å²) < 4.78 is 18.7. The van der Waals surface area contributed by atoms with Crippen LogP contribution in [0.5, 0.6) is 0 Å². The number of carbonyl (C=O) groups is 1. The van der Waals surface area contributed by atoms with Gasteiger partial charge < -0.3 is 9.73 Å². The molecule has 0 saturated carbocycles. The molecule has 0 bridgehead atoms. The second-order valence-electron chi connectivity index (χ2n) is 4.99. The molecule has 2 aromatic carbocycles. The third-order valence-corrected chi connectivity index (χ3v) is 3.55. The van der Waals surface area contributed by atoms with Gasteiger partial charge in [0, 0.05) is 22.8 Å². The Balaban J connectivity index is 1.95. The van der Waals surface area contributed by atoms with E-state index in [9.17, 15) is 24.1 Å². The molecule has 0 spiro atoms. The Morgan fingerprint density at radius 1 is 1.20 bits per heavy atom. The molecule has 0 aliphatic heterocycles. The zero-order valence-corrected chi connectivity index (χ0v) is 13.0. The average Bonchev–Trinajstić information content (AvgIpc) is 2.56. The molecule has 3 rings (SSSR count). The van der Waals surface area contributed by atoms with Gasteiger partial charge in [-0.1, -0.05) is 11.6 Å². The number of fused-ring (bicyclic) bond motifs is 1. The summed E-state index contributed by atoms with van der Waals surface area (Å²) in [6, 6.07) is 8.20. The Morgan fingerprint density at radius 2 is 1.96 bits per heavy atom. The van der Waals surface area contributed by atoms with Crippen LogP contribution < -0.4 is 10.7 Å². The molecule has 0 fully saturated rings. The van der Waals surface area contributed by atoms with Gasteiger partial charge in [0.25, 0.3) is 5.91 Å². The Labute approximate surface area is 143 Å². The van der Waals surface area contributed by atoms with Gasteiger partial charge in [-0.15, -0.1) is 0 Å². The molecule has 1 aromatic heterocycles. The number of rotatable bonds is 3. The van der Waals surface area contributed by atoms with Crippen molar-refractivity contribution in [3.05, 3.63) is 79.4 Å². The summed E-state index contributed by atoms with van der Waals surface area (Å²) in [6.45, 7) is 0. The molecule has 0 aliphatic carbocycles. The van der Waals surface area contributed by atoms with Crippen LogP contribution in [0.15, 0.2) is 51.7 Å². The van der Waals surface area contributed by atoms with E-state index in [-0.39, 0.29) is 22.4 Å². The van der Waals surface area contributed by atoms with Crippen LogP contribution >= 0.6 is 11.6 Å². The molecule has 9 heteroatoms. The average molecular weight is 363 g/mol. The number of carbonyl (C=O) groups excluding carboxylic acids is 1. The lowest BCUT2D eigenvalue weighted by Gasteiger charge is -2.06. The molecular formula is C16H8ClFN2O5. The number of benzene rings is 2. The topological polar surface area (TPSA) is 102 Å². The van der Waals surface area contributed by atoms with E-state index in [0.29, 0.717) is 5.02 Å². The largest absolute Gasteiger partial charge is 0.451 e. The highest BCUT2D eigenvalue weighted by Gasteiger charge is 2.17. The van der Waals surface area contributed by atoms with Crippen molar-refractivity contribution < 1.29 is 18.5 Å². The summed E-state index contributed by atoms with van der Waals surface area (Å²) in [5, 5.41) is 13.6. The van der Waals surface area contributed by atoms with Gasteiger partial charge in [-0.2, -0.15) is 4.39 Å². The van der Waals surface area contributed by atoms with E-state index in [1.54, 1.807) is 0 Å². The summed E-state index contributed by atoms with van der Waals surface area (Å²) in [5.41, 5.74) is -1.12. The third-order valence-electron chi connectivity index (χ3n) is 3.31. The highest BCUT2D eigenvalue weighted by atomic mass is 35.5. The summed E-state index contributed by atoms with van der Waals surface area (Å²) in [5.74, 6) is -2.14. The molecule has 1 heterocycles. The minimum absolute atomic E-state index is 0.0167. The Bertz CT molecular complexity index is 1080. The molecule has 7 nitrogen and oxygen atoms in total. The van der Waals surface area contributed by atoms with Crippen molar-refractivity contribution in [2.45, 2.75) is 0 Å². The molecule has 25 heavy (non-hydrogen) atoms. The Hall–Kier alpha value is -3.26. The minimum atomic E-state index is -1.03. The third kappa shape index (κ3) is 3.33. The fourth-order valence-corrected chi connectivity index (χ4v) is 2.34. The molecule has 0 unspecified atom stereocenters. The van der Waals surface area contributed by atoms with Crippen molar-refractivity contribution in [2.75, 3.05) is 5.32 Å². The summed E-state index contributed by atoms with van der Waals surface area (Å²) in [6.07, 6.45) is 0. The fraction of sp³-hybridized carbons (Fsp3) is 0. The van der Waals surface area contributed by atoms with Crippen LogP contribution in [0, 0.1) is 15.9 Å². The number of nitro benzene ring substituents is 1. The first kappa shape index (κ1) is 16.6. The van der Waals surface area contributed by atoms with E-state index in [0.717, 1.165) is 24.3 Å². The molecule has 1 amide bonds. The smallest absolute Gasteiger partial charge is 0.306 e. The molecule has 0 aliphatic rings. The normalized spacial score (nSPS) is 10.6. The number of nitrogens with one attached hydrogen (secondary N) is 1. The molecule has 0 radical (unpaired) electrons. The predicted molar refractivity (Wildman–Crippen MR) is 88.5 cm³/mol. The van der Waals surface area contributed by atoms with Crippen LogP contribution in [0.25, 0.3) is 11.0 Å². The Kier molecular flexibility index (Phi) is 4.20. The van der Waals surface area contributed by atoms with Crippen LogP contribution in [-0.4, -0.2) is 10.8 Å². The monoisotopic (exact) mass is 362 g/mol. The molecule has 0 atom stereocenters. The first-order valence-electron chi connectivity index (χ1n) is 6.84. The van der Waals surface area contributed by atoms with E-state index in [4.69, 9.17) is 16.0 Å². The second-order valence-corrected chi connectivity index (χ2v) is 5.43. The number of amides is 1. The maximum absolute atomic E-state index is 13.3. The number of hydrogen-bond donors (Lipinski definition) is 1. The number of anilines is 1. The van der Waals surface area contributed by atoms with Crippen LogP contribution in [0.2, 0.25) is 5.02 Å². The summed E-state index contributed by atoms with van der Waals surface area (Å²) in [4.78, 5) is 34.1. The standard InChI is InChI=1S/C16H8ClFN2O5/c17-8-1-4-14-10(5-8)13(21)7-15(25-14)16(22)19-9-2-3-11(18)12(6-9)20(23)24/h1-7H,(H,19,22). The molecular weight excluding hydrogens is 355 g/mol. The first-order chi connectivity index (χ1) is 11.8. The quantitative estimate of drug-likeness (QED) is 0.564. The van der Waals surface area contributed by atoms with Crippen molar-refractivity contribution in [1.29, 1.82) is 0 Å². The van der Waals surface area contributed by atoms with Crippen molar-refractivity contribution in [3.63, 3.8) is 0 Å². The highest BCUT2D eigenvalue weighted by molar-refractivity contribution is 6.31. The van der Waals surface area contributed by atoms with Crippen LogP contribution in [0.1, 0.15) is 10.6 Å². The van der Waals surface area contributed by atoms with Gasteiger partial charge in [0.15, 0.2) is 11.2 Å². The van der Waals surface area contributed by atoms with Crippen molar-refractivity contribution in [2.24, 2.45) is 0 Å². The maximum Gasteiger partial charge on any atom is 0.306 e. The fourth-order valence-electron chi connectivity index (χ4n) is 2.16. The van der Waals surface area contributed by atoms with Gasteiger partial charge in [0.2, 0.25) is 5.82 Å². The van der Waals surface area contributed by atoms with E-state index in [1.807, 2.05) is 0 Å². The lowest BCUT2D eigenvalue weighted by atomic mass is 10.2. The molecule has 3 aromatic rings. The Morgan fingerprint density at radius 3 is 2.68 bits per heavy atom. The van der Waals surface area contributed by atoms with Gasteiger partial charge in [-0.05, 0) is 30.3 Å². The van der Waals surface area contributed by atoms with Gasteiger partial charge in [-0.3, -0.25) is 19.7 Å². The van der Waals surface area contributed by atoms with Crippen LogP contribution in [0.3, 0.4) is 0 Å². The molecule has 126 valence electrons. The lowest BCUT2D eigenvalue weighted by Crippen LogP contribution is -2.15. The number of hydrogen-bond acceptors (Lipinski definition) is 5. The van der Waals surface area contributed by atoms with E-state index in [2.05, 4.69) is 5.32 Å². The second kappa shape index (κ2) is 6.33. The van der Waals surface area contributed by atoms with Crippen molar-refractivity contribution >= 4 is 39.9 Å².